The van der Waals surface area contributed by atoms with E-state index in [1.165, 1.54) is 0 Å². The van der Waals surface area contributed by atoms with Gasteiger partial charge in [-0.05, 0) is 0 Å². The fourth-order valence-corrected chi connectivity index (χ4v) is 0. The van der Waals surface area contributed by atoms with Gasteiger partial charge in [0.2, 0.25) is 0 Å². The van der Waals surface area contributed by atoms with Crippen LogP contribution in [0.4, 0.5) is 0 Å². The van der Waals surface area contributed by atoms with Gasteiger partial charge in [0.05, 0.1) is 26.4 Å². The van der Waals surface area contributed by atoms with Crippen molar-refractivity contribution in [1.82, 2.24) is 0 Å². The maximum absolute atomic E-state index is 8.81. The SMILES string of the molecule is OCCO.OCCO.[O]=[Ti]([OH])[OH]. The Kier molecular flexibility index (Phi) is 34.0. The second-order valence-corrected chi connectivity index (χ2v) is 2.06. The van der Waals surface area contributed by atoms with Crippen molar-refractivity contribution in [3.05, 3.63) is 0 Å². The van der Waals surface area contributed by atoms with Gasteiger partial charge in [-0.3, -0.25) is 0 Å². The molecule has 0 heterocycles. The number of hydrogen-bond acceptors (Lipinski definition) is 5. The van der Waals surface area contributed by atoms with E-state index >= 15 is 0 Å². The minimum absolute atomic E-state index is 0.125. The second-order valence-electron chi connectivity index (χ2n) is 1.18. The molecule has 12 heavy (non-hydrogen) atoms. The summed E-state index contributed by atoms with van der Waals surface area (Å²) >= 11 is -3.58. The van der Waals surface area contributed by atoms with E-state index in [9.17, 15) is 0 Å². The zero-order valence-corrected chi connectivity index (χ0v) is 7.98. The molecule has 0 rings (SSSR count). The third-order valence-corrected chi connectivity index (χ3v) is 0.200. The Morgan fingerprint density at radius 2 is 0.833 bits per heavy atom. The van der Waals surface area contributed by atoms with Gasteiger partial charge in [0.25, 0.3) is 0 Å². The van der Waals surface area contributed by atoms with E-state index < -0.39 is 18.6 Å². The summed E-state index contributed by atoms with van der Waals surface area (Å²) in [6.45, 7) is -0.500. The average Bonchev–Trinajstić information content (AvgIpc) is 2.03. The molecule has 0 aliphatic heterocycles. The van der Waals surface area contributed by atoms with E-state index in [0.717, 1.165) is 0 Å². The fraction of sp³-hybridized carbons (Fsp3) is 1.00. The molecule has 0 saturated carbocycles. The van der Waals surface area contributed by atoms with Gasteiger partial charge in [0, 0.05) is 0 Å². The Balaban J connectivity index is -0.000000101. The first-order valence-corrected chi connectivity index (χ1v) is 4.95. The van der Waals surface area contributed by atoms with E-state index in [2.05, 4.69) is 0 Å². The van der Waals surface area contributed by atoms with E-state index in [1.54, 1.807) is 0 Å². The molecule has 76 valence electrons. The zero-order valence-electron chi connectivity index (χ0n) is 6.42. The molecule has 7 nitrogen and oxygen atoms in total. The number of hydrogen-bond donors (Lipinski definition) is 6. The van der Waals surface area contributed by atoms with Gasteiger partial charge >= 0.3 is 29.3 Å². The van der Waals surface area contributed by atoms with Crippen molar-refractivity contribution in [2.75, 3.05) is 26.4 Å². The summed E-state index contributed by atoms with van der Waals surface area (Å²) in [5, 5.41) is 30.5. The van der Waals surface area contributed by atoms with Crippen LogP contribution in [0.25, 0.3) is 0 Å². The summed E-state index contributed by atoms with van der Waals surface area (Å²) < 4.78 is 23.2. The van der Waals surface area contributed by atoms with Crippen LogP contribution in [0.1, 0.15) is 0 Å². The van der Waals surface area contributed by atoms with Gasteiger partial charge in [-0.2, -0.15) is 0 Å². The first kappa shape index (κ1) is 18.1. The summed E-state index contributed by atoms with van der Waals surface area (Å²) in [4.78, 5) is 0. The summed E-state index contributed by atoms with van der Waals surface area (Å²) in [5.74, 6) is 0. The third-order valence-electron chi connectivity index (χ3n) is 0.200. The first-order valence-electron chi connectivity index (χ1n) is 2.92. The van der Waals surface area contributed by atoms with Crippen LogP contribution in [0.2, 0.25) is 0 Å². The second kappa shape index (κ2) is 22.5. The summed E-state index contributed by atoms with van der Waals surface area (Å²) in [5.41, 5.74) is 0. The quantitative estimate of drug-likeness (QED) is 0.269. The van der Waals surface area contributed by atoms with Crippen LogP contribution in [0.15, 0.2) is 0 Å². The van der Waals surface area contributed by atoms with Gasteiger partial charge in [-0.15, -0.1) is 0 Å². The molecular weight excluding hydrogens is 208 g/mol. The van der Waals surface area contributed by atoms with Crippen molar-refractivity contribution in [2.45, 2.75) is 0 Å². The monoisotopic (exact) mass is 222 g/mol. The molecule has 0 bridgehead atoms. The molecule has 0 saturated heterocycles. The van der Waals surface area contributed by atoms with E-state index in [1.807, 2.05) is 0 Å². The van der Waals surface area contributed by atoms with Gasteiger partial charge in [0.1, 0.15) is 0 Å². The van der Waals surface area contributed by atoms with Crippen molar-refractivity contribution in [3.8, 4) is 0 Å². The molecule has 0 spiro atoms. The maximum atomic E-state index is 8.81. The Hall–Kier alpha value is 0.274. The predicted octanol–water partition coefficient (Wildman–Crippen LogP) is -3.29. The molecule has 0 aliphatic rings. The molecule has 0 radical (unpaired) electrons. The van der Waals surface area contributed by atoms with E-state index in [0.29, 0.717) is 0 Å². The third kappa shape index (κ3) is 171. The fourth-order valence-electron chi connectivity index (χ4n) is 0. The number of aliphatic hydroxyl groups is 4. The van der Waals surface area contributed by atoms with Crippen molar-refractivity contribution < 1.29 is 49.7 Å². The van der Waals surface area contributed by atoms with Gasteiger partial charge < -0.3 is 20.4 Å². The average molecular weight is 222 g/mol. The van der Waals surface area contributed by atoms with Crippen molar-refractivity contribution in [3.63, 3.8) is 0 Å². The standard InChI is InChI=1S/2C2H6O2.2H2O.O.Ti/c2*3-1-2-4;;;;/h2*3-4H,1-2H2;2*1H2;;/q;;;;;+2/p-2. The number of aliphatic hydroxyl groups excluding tert-OH is 4. The Morgan fingerprint density at radius 3 is 0.833 bits per heavy atom. The molecular formula is C4H14O7Ti. The molecule has 0 fully saturated rings. The van der Waals surface area contributed by atoms with E-state index in [-0.39, 0.29) is 26.4 Å². The minimum atomic E-state index is -3.58. The normalized spacial score (nSPS) is 7.17. The molecule has 0 aromatic rings. The van der Waals surface area contributed by atoms with Crippen LogP contribution >= 0.6 is 0 Å². The van der Waals surface area contributed by atoms with E-state index in [4.69, 9.17) is 31.1 Å². The molecule has 0 aromatic carbocycles. The predicted molar refractivity (Wildman–Crippen MR) is 33.5 cm³/mol. The van der Waals surface area contributed by atoms with Crippen LogP contribution in [-0.2, 0) is 21.9 Å². The van der Waals surface area contributed by atoms with Gasteiger partial charge in [-0.1, -0.05) is 0 Å². The Bertz CT molecular complexity index is 65.8. The number of rotatable bonds is 2. The molecule has 0 amide bonds. The van der Waals surface area contributed by atoms with Gasteiger partial charge in [0.15, 0.2) is 0 Å². The Labute approximate surface area is 76.6 Å². The summed E-state index contributed by atoms with van der Waals surface area (Å²) in [6.07, 6.45) is 0. The van der Waals surface area contributed by atoms with Crippen molar-refractivity contribution in [1.29, 1.82) is 0 Å². The molecule has 0 aromatic heterocycles. The van der Waals surface area contributed by atoms with Crippen LogP contribution in [0.3, 0.4) is 0 Å². The van der Waals surface area contributed by atoms with Gasteiger partial charge in [-0.25, -0.2) is 0 Å². The van der Waals surface area contributed by atoms with Crippen LogP contribution in [-0.4, -0.2) is 54.2 Å². The molecule has 6 N–H and O–H groups in total. The molecule has 0 aliphatic carbocycles. The summed E-state index contributed by atoms with van der Waals surface area (Å²) in [6, 6.07) is 0. The van der Waals surface area contributed by atoms with Crippen LogP contribution in [0, 0.1) is 0 Å². The molecule has 0 unspecified atom stereocenters. The van der Waals surface area contributed by atoms with Crippen molar-refractivity contribution in [2.24, 2.45) is 0 Å². The van der Waals surface area contributed by atoms with Crippen LogP contribution < -0.4 is 0 Å². The van der Waals surface area contributed by atoms with Crippen LogP contribution in [0.5, 0.6) is 0 Å². The van der Waals surface area contributed by atoms with Crippen molar-refractivity contribution >= 4 is 0 Å². The topological polar surface area (TPSA) is 138 Å². The first-order chi connectivity index (χ1) is 5.56. The molecule has 8 heteroatoms. The zero-order chi connectivity index (χ0) is 10.4. The Morgan fingerprint density at radius 1 is 0.750 bits per heavy atom. The molecule has 0 atom stereocenters. The summed E-state index contributed by atoms with van der Waals surface area (Å²) in [7, 11) is 0.